The molecule has 0 aliphatic carbocycles. The van der Waals surface area contributed by atoms with Gasteiger partial charge in [-0.3, -0.25) is 14.0 Å². The van der Waals surface area contributed by atoms with Crippen molar-refractivity contribution >= 4 is 28.1 Å². The quantitative estimate of drug-likeness (QED) is 0.447. The maximum atomic E-state index is 13.5. The fourth-order valence-corrected chi connectivity index (χ4v) is 4.70. The molecule has 0 aliphatic rings. The molecule has 0 radical (unpaired) electrons. The summed E-state index contributed by atoms with van der Waals surface area (Å²) < 4.78 is 3.65. The molecule has 1 N–H and O–H groups in total. The lowest BCUT2D eigenvalue weighted by Gasteiger charge is -2.29. The van der Waals surface area contributed by atoms with Gasteiger partial charge in [0.25, 0.3) is 11.8 Å². The first-order valence-corrected chi connectivity index (χ1v) is 11.5. The van der Waals surface area contributed by atoms with E-state index in [1.54, 1.807) is 15.5 Å². The predicted octanol–water partition coefficient (Wildman–Crippen LogP) is 3.55. The van der Waals surface area contributed by atoms with Crippen LogP contribution < -0.4 is 5.32 Å². The van der Waals surface area contributed by atoms with Crippen LogP contribution in [-0.4, -0.2) is 50.3 Å². The Morgan fingerprint density at radius 2 is 1.94 bits per heavy atom. The van der Waals surface area contributed by atoms with Gasteiger partial charge in [0, 0.05) is 44.5 Å². The van der Waals surface area contributed by atoms with E-state index in [2.05, 4.69) is 22.4 Å². The van der Waals surface area contributed by atoms with Gasteiger partial charge in [-0.1, -0.05) is 30.3 Å². The van der Waals surface area contributed by atoms with Crippen molar-refractivity contribution < 1.29 is 9.59 Å². The van der Waals surface area contributed by atoms with Gasteiger partial charge in [0.2, 0.25) is 0 Å². The number of aryl methyl sites for hydroxylation is 2. The average molecular weight is 450 g/mol. The summed E-state index contributed by atoms with van der Waals surface area (Å²) in [6.45, 7) is 2.34. The minimum absolute atomic E-state index is 0.0666. The van der Waals surface area contributed by atoms with Crippen molar-refractivity contribution in [3.63, 3.8) is 0 Å². The van der Waals surface area contributed by atoms with Gasteiger partial charge in [-0.15, -0.1) is 11.3 Å². The number of carbonyl (C=O) groups excluding carboxylic acids is 2. The van der Waals surface area contributed by atoms with E-state index >= 15 is 0 Å². The van der Waals surface area contributed by atoms with E-state index in [1.165, 1.54) is 11.3 Å². The molecule has 166 valence electrons. The van der Waals surface area contributed by atoms with Crippen LogP contribution >= 0.6 is 11.3 Å². The van der Waals surface area contributed by atoms with Gasteiger partial charge >= 0.3 is 0 Å². The van der Waals surface area contributed by atoms with Crippen LogP contribution in [0, 0.1) is 6.92 Å². The molecule has 0 aliphatic heterocycles. The Balaban J connectivity index is 1.51. The molecule has 0 saturated carbocycles. The van der Waals surface area contributed by atoms with Crippen LogP contribution in [0.5, 0.6) is 0 Å². The molecule has 2 amide bonds. The van der Waals surface area contributed by atoms with E-state index in [9.17, 15) is 9.59 Å². The van der Waals surface area contributed by atoms with E-state index in [1.807, 2.05) is 67.5 Å². The summed E-state index contributed by atoms with van der Waals surface area (Å²) in [6.07, 6.45) is 5.07. The summed E-state index contributed by atoms with van der Waals surface area (Å²) in [4.78, 5) is 33.1. The third-order valence-corrected chi connectivity index (χ3v) is 6.52. The summed E-state index contributed by atoms with van der Waals surface area (Å²) in [6, 6.07) is 13.7. The molecule has 0 spiro atoms. The first-order valence-electron chi connectivity index (χ1n) is 10.6. The smallest absolute Gasteiger partial charge is 0.272 e. The highest BCUT2D eigenvalue weighted by molar-refractivity contribution is 7.15. The van der Waals surface area contributed by atoms with E-state index in [-0.39, 0.29) is 17.9 Å². The summed E-state index contributed by atoms with van der Waals surface area (Å²) in [5.41, 5.74) is 3.08. The predicted molar refractivity (Wildman–Crippen MR) is 126 cm³/mol. The number of hydrogen-bond donors (Lipinski definition) is 1. The number of carbonyl (C=O) groups is 2. The number of nitrogens with zero attached hydrogens (tertiary/aromatic N) is 4. The topological polar surface area (TPSA) is 71.6 Å². The minimum Gasteiger partial charge on any atom is -0.351 e. The Kier molecular flexibility index (Phi) is 6.41. The zero-order chi connectivity index (χ0) is 22.7. The Bertz CT molecular complexity index is 1220. The first kappa shape index (κ1) is 21.8. The van der Waals surface area contributed by atoms with Crippen LogP contribution in [0.2, 0.25) is 0 Å². The fourth-order valence-electron chi connectivity index (χ4n) is 3.94. The van der Waals surface area contributed by atoms with Crippen molar-refractivity contribution in [2.75, 3.05) is 13.6 Å². The zero-order valence-electron chi connectivity index (χ0n) is 18.5. The number of hydrogen-bond acceptors (Lipinski definition) is 4. The third-order valence-electron chi connectivity index (χ3n) is 5.76. The largest absolute Gasteiger partial charge is 0.351 e. The Morgan fingerprint density at radius 1 is 1.16 bits per heavy atom. The van der Waals surface area contributed by atoms with Gasteiger partial charge in [-0.2, -0.15) is 0 Å². The van der Waals surface area contributed by atoms with Crippen molar-refractivity contribution in [2.45, 2.75) is 25.8 Å². The summed E-state index contributed by atoms with van der Waals surface area (Å²) >= 11 is 1.51. The average Bonchev–Trinajstić information content (AvgIpc) is 3.48. The molecule has 1 atom stereocenters. The molecule has 7 nitrogen and oxygen atoms in total. The van der Waals surface area contributed by atoms with Crippen molar-refractivity contribution in [3.05, 3.63) is 82.9 Å². The number of fused-ring (bicyclic) bond motifs is 1. The first-order chi connectivity index (χ1) is 15.5. The molecule has 0 bridgehead atoms. The van der Waals surface area contributed by atoms with Crippen molar-refractivity contribution in [1.29, 1.82) is 0 Å². The lowest BCUT2D eigenvalue weighted by atomic mass is 10.0. The molecule has 3 heterocycles. The molecule has 0 fully saturated rings. The number of nitrogens with one attached hydrogen (secondary N) is 1. The zero-order valence-corrected chi connectivity index (χ0v) is 19.3. The Hall–Kier alpha value is -3.39. The second-order valence-corrected chi connectivity index (χ2v) is 8.78. The van der Waals surface area contributed by atoms with Crippen LogP contribution in [-0.2, 0) is 13.5 Å². The molecule has 0 saturated heterocycles. The van der Waals surface area contributed by atoms with Crippen LogP contribution in [0.25, 0.3) is 4.96 Å². The maximum Gasteiger partial charge on any atom is 0.272 e. The van der Waals surface area contributed by atoms with Crippen molar-refractivity contribution in [3.8, 4) is 0 Å². The van der Waals surface area contributed by atoms with Crippen molar-refractivity contribution in [2.24, 2.45) is 7.05 Å². The number of rotatable bonds is 8. The molecule has 32 heavy (non-hydrogen) atoms. The number of likely N-dealkylation sites (N-methyl/N-ethyl adjacent to an activating group) is 1. The van der Waals surface area contributed by atoms with Gasteiger partial charge < -0.3 is 14.8 Å². The highest BCUT2D eigenvalue weighted by Crippen LogP contribution is 2.20. The molecule has 4 rings (SSSR count). The number of imidazole rings is 1. The van der Waals surface area contributed by atoms with Gasteiger partial charge in [0.15, 0.2) is 4.96 Å². The lowest BCUT2D eigenvalue weighted by molar-refractivity contribution is 0.0715. The number of aromatic nitrogens is 3. The van der Waals surface area contributed by atoms with Gasteiger partial charge in [-0.25, -0.2) is 4.98 Å². The second-order valence-electron chi connectivity index (χ2n) is 7.91. The molecule has 8 heteroatoms. The normalized spacial score (nSPS) is 12.1. The summed E-state index contributed by atoms with van der Waals surface area (Å²) in [7, 11) is 3.68. The minimum atomic E-state index is -0.114. The Morgan fingerprint density at radius 3 is 2.66 bits per heavy atom. The number of benzene rings is 1. The molecule has 3 aromatic heterocycles. The Labute approximate surface area is 191 Å². The molecule has 1 unspecified atom stereocenters. The van der Waals surface area contributed by atoms with E-state index < -0.39 is 0 Å². The van der Waals surface area contributed by atoms with Gasteiger partial charge in [0.05, 0.1) is 5.69 Å². The monoisotopic (exact) mass is 449 g/mol. The third kappa shape index (κ3) is 4.45. The van der Waals surface area contributed by atoms with Crippen molar-refractivity contribution in [1.82, 2.24) is 24.2 Å². The summed E-state index contributed by atoms with van der Waals surface area (Å²) in [5, 5.41) is 4.92. The van der Waals surface area contributed by atoms with Gasteiger partial charge in [0.1, 0.15) is 11.4 Å². The highest BCUT2D eigenvalue weighted by atomic mass is 32.1. The van der Waals surface area contributed by atoms with Crippen LogP contribution in [0.15, 0.2) is 60.2 Å². The maximum absolute atomic E-state index is 13.5. The molecular formula is C24H27N5O2S. The van der Waals surface area contributed by atoms with Gasteiger partial charge in [-0.05, 0) is 37.5 Å². The van der Waals surface area contributed by atoms with Crippen LogP contribution in [0.4, 0.5) is 0 Å². The SMILES string of the molecule is Cc1nc2sccn2c1C(=O)N(C)C(CCNC(=O)c1cccn1C)Cc1ccccc1. The van der Waals surface area contributed by atoms with Crippen LogP contribution in [0.1, 0.15) is 38.7 Å². The molecule has 4 aromatic rings. The standard InChI is InChI=1S/C24H27N5O2S/c1-17-21(29-14-15-32-24(29)26-17)23(31)28(3)19(16-18-8-5-4-6-9-18)11-12-25-22(30)20-10-7-13-27(20)2/h4-10,13-15,19H,11-12,16H2,1-3H3,(H,25,30). The van der Waals surface area contributed by atoms with E-state index in [0.717, 1.165) is 16.2 Å². The number of thiazole rings is 1. The molecule has 1 aromatic carbocycles. The fraction of sp³-hybridized carbons (Fsp3) is 0.292. The highest BCUT2D eigenvalue weighted by Gasteiger charge is 2.26. The van der Waals surface area contributed by atoms with E-state index in [4.69, 9.17) is 0 Å². The number of amides is 2. The lowest BCUT2D eigenvalue weighted by Crippen LogP contribution is -2.41. The molecular weight excluding hydrogens is 422 g/mol. The van der Waals surface area contributed by atoms with E-state index in [0.29, 0.717) is 30.8 Å². The second kappa shape index (κ2) is 9.40. The van der Waals surface area contributed by atoms with Crippen LogP contribution in [0.3, 0.4) is 0 Å². The summed E-state index contributed by atoms with van der Waals surface area (Å²) in [5.74, 6) is -0.181.